The summed E-state index contributed by atoms with van der Waals surface area (Å²) >= 11 is 0. The maximum Gasteiger partial charge on any atom is 0.328 e. The van der Waals surface area contributed by atoms with E-state index in [2.05, 4.69) is 31.2 Å². The molecule has 0 spiro atoms. The first kappa shape index (κ1) is 23.6. The van der Waals surface area contributed by atoms with Crippen LogP contribution >= 0.6 is 0 Å². The smallest absolute Gasteiger partial charge is 0.328 e. The molecule has 0 aliphatic carbocycles. The summed E-state index contributed by atoms with van der Waals surface area (Å²) in [5, 5.41) is 15.6. The molecular weight excluding hydrogens is 372 g/mol. The number of carboxylic acid groups (broad SMARTS) is 2. The number of rotatable bonds is 7. The predicted molar refractivity (Wildman–Crippen MR) is 110 cm³/mol. The van der Waals surface area contributed by atoms with Gasteiger partial charge in [-0.25, -0.2) is 9.59 Å². The van der Waals surface area contributed by atoms with Crippen LogP contribution in [0.2, 0.25) is 0 Å². The van der Waals surface area contributed by atoms with Crippen LogP contribution in [0.4, 0.5) is 0 Å². The lowest BCUT2D eigenvalue weighted by Gasteiger charge is -2.39. The monoisotopic (exact) mass is 398 g/mol. The lowest BCUT2D eigenvalue weighted by molar-refractivity contribution is -0.134. The Balaban J connectivity index is 0.000000447. The lowest BCUT2D eigenvalue weighted by Crippen LogP contribution is -2.48. The number of likely N-dealkylation sites (N-methyl/N-ethyl adjacent to an activating group) is 1. The summed E-state index contributed by atoms with van der Waals surface area (Å²) in [6, 6.07) is 20.3. The molecule has 4 N–H and O–H groups in total. The van der Waals surface area contributed by atoms with E-state index in [1.807, 2.05) is 43.4 Å². The fourth-order valence-corrected chi connectivity index (χ4v) is 2.76. The molecule has 0 heterocycles. The normalized spacial score (nSPS) is 12.4. The molecule has 0 fully saturated rings. The highest BCUT2D eigenvalue weighted by molar-refractivity contribution is 5.89. The van der Waals surface area contributed by atoms with E-state index in [0.29, 0.717) is 12.2 Å². The van der Waals surface area contributed by atoms with E-state index in [0.717, 1.165) is 12.0 Å². The molecule has 2 aromatic carbocycles. The van der Waals surface area contributed by atoms with Gasteiger partial charge < -0.3 is 20.8 Å². The molecule has 0 aromatic heterocycles. The Labute approximate surface area is 170 Å². The number of benzene rings is 2. The van der Waals surface area contributed by atoms with E-state index >= 15 is 0 Å². The van der Waals surface area contributed by atoms with Gasteiger partial charge in [-0.2, -0.15) is 0 Å². The first-order valence-electron chi connectivity index (χ1n) is 8.90. The van der Waals surface area contributed by atoms with Gasteiger partial charge in [0.05, 0.1) is 12.1 Å². The molecule has 0 saturated carbocycles. The Hall–Kier alpha value is -3.45. The summed E-state index contributed by atoms with van der Waals surface area (Å²) in [5.41, 5.74) is 7.44. The fourth-order valence-electron chi connectivity index (χ4n) is 2.76. The van der Waals surface area contributed by atoms with Crippen LogP contribution in [0.5, 0.6) is 0 Å². The van der Waals surface area contributed by atoms with Gasteiger partial charge in [-0.3, -0.25) is 4.79 Å². The van der Waals surface area contributed by atoms with Crippen LogP contribution in [0.25, 0.3) is 0 Å². The number of nitrogens with two attached hydrogens (primary N) is 1. The van der Waals surface area contributed by atoms with Crippen molar-refractivity contribution in [2.75, 3.05) is 13.6 Å². The largest absolute Gasteiger partial charge is 0.478 e. The standard InChI is InChI=1S/C18H22N2O.C4H4O4/c1-18(20(2)17(21)14-19,16-11-7-4-8-12-16)13-15-9-5-3-6-10-15;5-3(6)1-2-4(7)8/h3-12H,13-14,19H2,1-2H3;1-2H,(H,5,6)(H,7,8)/b;2-1-. The van der Waals surface area contributed by atoms with Gasteiger partial charge in [0, 0.05) is 19.2 Å². The van der Waals surface area contributed by atoms with Crippen molar-refractivity contribution >= 4 is 17.8 Å². The zero-order valence-electron chi connectivity index (χ0n) is 16.5. The Kier molecular flexibility index (Phi) is 9.28. The third kappa shape index (κ3) is 7.59. The zero-order chi connectivity index (χ0) is 21.9. The number of hydrogen-bond acceptors (Lipinski definition) is 4. The molecule has 7 heteroatoms. The van der Waals surface area contributed by atoms with Crippen LogP contribution in [0.3, 0.4) is 0 Å². The number of carbonyl (C=O) groups is 3. The summed E-state index contributed by atoms with van der Waals surface area (Å²) in [4.78, 5) is 33.0. The van der Waals surface area contributed by atoms with Crippen molar-refractivity contribution in [1.82, 2.24) is 4.90 Å². The molecule has 29 heavy (non-hydrogen) atoms. The van der Waals surface area contributed by atoms with Gasteiger partial charge >= 0.3 is 11.9 Å². The van der Waals surface area contributed by atoms with Crippen LogP contribution in [-0.4, -0.2) is 46.6 Å². The average molecular weight is 398 g/mol. The van der Waals surface area contributed by atoms with Crippen molar-refractivity contribution in [3.63, 3.8) is 0 Å². The summed E-state index contributed by atoms with van der Waals surface area (Å²) in [6.45, 7) is 2.11. The first-order valence-corrected chi connectivity index (χ1v) is 8.90. The second kappa shape index (κ2) is 11.4. The lowest BCUT2D eigenvalue weighted by atomic mass is 9.84. The van der Waals surface area contributed by atoms with Gasteiger partial charge in [-0.1, -0.05) is 60.7 Å². The molecule has 1 unspecified atom stereocenters. The van der Waals surface area contributed by atoms with Gasteiger partial charge in [0.15, 0.2) is 0 Å². The van der Waals surface area contributed by atoms with Crippen molar-refractivity contribution in [2.45, 2.75) is 18.9 Å². The van der Waals surface area contributed by atoms with Crippen LogP contribution in [0, 0.1) is 0 Å². The minimum atomic E-state index is -1.26. The van der Waals surface area contributed by atoms with Crippen molar-refractivity contribution in [2.24, 2.45) is 5.73 Å². The maximum atomic E-state index is 12.1. The average Bonchev–Trinajstić information content (AvgIpc) is 2.72. The molecular formula is C22H26N2O5. The van der Waals surface area contributed by atoms with Gasteiger partial charge in [0.1, 0.15) is 0 Å². The summed E-state index contributed by atoms with van der Waals surface area (Å²) in [7, 11) is 1.82. The third-order valence-corrected chi connectivity index (χ3v) is 4.44. The SMILES string of the molecule is CN(C(=O)CN)C(C)(Cc1ccccc1)c1ccccc1.O=C(O)/C=C\C(=O)O. The van der Waals surface area contributed by atoms with E-state index < -0.39 is 17.5 Å². The summed E-state index contributed by atoms with van der Waals surface area (Å²) < 4.78 is 0. The third-order valence-electron chi connectivity index (χ3n) is 4.44. The van der Waals surface area contributed by atoms with Crippen molar-refractivity contribution in [1.29, 1.82) is 0 Å². The quantitative estimate of drug-likeness (QED) is 0.615. The van der Waals surface area contributed by atoms with Crippen LogP contribution in [0.1, 0.15) is 18.1 Å². The molecule has 1 atom stereocenters. The van der Waals surface area contributed by atoms with E-state index in [1.165, 1.54) is 5.56 Å². The van der Waals surface area contributed by atoms with Crippen LogP contribution in [0.15, 0.2) is 72.8 Å². The number of nitrogens with zero attached hydrogens (tertiary/aromatic N) is 1. The van der Waals surface area contributed by atoms with E-state index in [-0.39, 0.29) is 12.5 Å². The number of aliphatic carboxylic acids is 2. The molecule has 154 valence electrons. The molecule has 1 amide bonds. The van der Waals surface area contributed by atoms with Gasteiger partial charge in [-0.15, -0.1) is 0 Å². The summed E-state index contributed by atoms with van der Waals surface area (Å²) in [5.74, 6) is -2.57. The molecule has 0 bridgehead atoms. The molecule has 2 rings (SSSR count). The second-order valence-corrected chi connectivity index (χ2v) is 6.47. The van der Waals surface area contributed by atoms with Crippen LogP contribution < -0.4 is 5.73 Å². The molecule has 0 radical (unpaired) electrons. The highest BCUT2D eigenvalue weighted by Gasteiger charge is 2.34. The topological polar surface area (TPSA) is 121 Å². The fraction of sp³-hybridized carbons (Fsp3) is 0.227. The molecule has 2 aromatic rings. The maximum absolute atomic E-state index is 12.1. The Morgan fingerprint density at radius 3 is 1.79 bits per heavy atom. The predicted octanol–water partition coefficient (Wildman–Crippen LogP) is 2.27. The zero-order valence-corrected chi connectivity index (χ0v) is 16.5. The molecule has 0 aliphatic rings. The highest BCUT2D eigenvalue weighted by atomic mass is 16.4. The van der Waals surface area contributed by atoms with Gasteiger partial charge in [-0.05, 0) is 24.5 Å². The van der Waals surface area contributed by atoms with Crippen molar-refractivity contribution in [3.05, 3.63) is 83.9 Å². The number of amides is 1. The van der Waals surface area contributed by atoms with Gasteiger partial charge in [0.2, 0.25) is 5.91 Å². The molecule has 0 saturated heterocycles. The Morgan fingerprint density at radius 1 is 0.931 bits per heavy atom. The number of carbonyl (C=O) groups excluding carboxylic acids is 1. The number of carboxylic acids is 2. The summed E-state index contributed by atoms with van der Waals surface area (Å²) in [6.07, 6.45) is 1.87. The molecule has 7 nitrogen and oxygen atoms in total. The number of hydrogen-bond donors (Lipinski definition) is 3. The van der Waals surface area contributed by atoms with Crippen molar-refractivity contribution < 1.29 is 24.6 Å². The second-order valence-electron chi connectivity index (χ2n) is 6.47. The van der Waals surface area contributed by atoms with Crippen LogP contribution in [-0.2, 0) is 26.3 Å². The van der Waals surface area contributed by atoms with E-state index in [9.17, 15) is 14.4 Å². The van der Waals surface area contributed by atoms with Gasteiger partial charge in [0.25, 0.3) is 0 Å². The minimum absolute atomic E-state index is 0.0215. The van der Waals surface area contributed by atoms with Crippen molar-refractivity contribution in [3.8, 4) is 0 Å². The Morgan fingerprint density at radius 2 is 1.38 bits per heavy atom. The minimum Gasteiger partial charge on any atom is -0.478 e. The van der Waals surface area contributed by atoms with E-state index in [1.54, 1.807) is 4.90 Å². The first-order chi connectivity index (χ1) is 13.7. The Bertz CT molecular complexity index is 821. The highest BCUT2D eigenvalue weighted by Crippen LogP contribution is 2.31. The van der Waals surface area contributed by atoms with E-state index in [4.69, 9.17) is 15.9 Å². The molecule has 0 aliphatic heterocycles.